The van der Waals surface area contributed by atoms with Crippen molar-refractivity contribution >= 4 is 0 Å². The van der Waals surface area contributed by atoms with Gasteiger partial charge in [0.25, 0.3) is 0 Å². The van der Waals surface area contributed by atoms with E-state index in [1.165, 1.54) is 22.4 Å². The molecule has 0 aromatic heterocycles. The molecule has 102 valence electrons. The molecule has 18 heavy (non-hydrogen) atoms. The lowest BCUT2D eigenvalue weighted by atomic mass is 9.84. The molecule has 0 saturated heterocycles. The number of rotatable bonds is 3. The van der Waals surface area contributed by atoms with Crippen molar-refractivity contribution in [1.29, 1.82) is 0 Å². The first-order valence-electron chi connectivity index (χ1n) is 7.15. The molecule has 1 aliphatic rings. The molecule has 1 heteroatoms. The molecule has 0 unspecified atom stereocenters. The Hall–Kier alpha value is -0.980. The second-order valence-corrected chi connectivity index (χ2v) is 6.34. The molecule has 0 fully saturated rings. The summed E-state index contributed by atoms with van der Waals surface area (Å²) in [6.45, 7) is 18.2. The van der Waals surface area contributed by atoms with Crippen molar-refractivity contribution in [3.8, 4) is 0 Å². The van der Waals surface area contributed by atoms with Gasteiger partial charge >= 0.3 is 0 Å². The molecule has 0 spiro atoms. The van der Waals surface area contributed by atoms with Gasteiger partial charge in [0, 0.05) is 17.9 Å². The van der Waals surface area contributed by atoms with E-state index in [1.54, 1.807) is 0 Å². The molecular formula is C17H29N. The van der Waals surface area contributed by atoms with Crippen molar-refractivity contribution in [2.24, 2.45) is 11.8 Å². The zero-order chi connectivity index (χ0) is 14.0. The van der Waals surface area contributed by atoms with Crippen LogP contribution in [0.4, 0.5) is 0 Å². The first-order chi connectivity index (χ1) is 8.27. The normalized spacial score (nSPS) is 16.6. The molecule has 0 bridgehead atoms. The third kappa shape index (κ3) is 2.88. The molecule has 0 saturated carbocycles. The molecule has 0 aliphatic carbocycles. The maximum absolute atomic E-state index is 2.44. The number of hydrogen-bond donors (Lipinski definition) is 0. The van der Waals surface area contributed by atoms with Crippen LogP contribution in [0.5, 0.6) is 0 Å². The van der Waals surface area contributed by atoms with E-state index in [4.69, 9.17) is 0 Å². The molecule has 1 heterocycles. The molecule has 0 N–H and O–H groups in total. The lowest BCUT2D eigenvalue weighted by Gasteiger charge is -2.37. The zero-order valence-corrected chi connectivity index (χ0v) is 13.3. The summed E-state index contributed by atoms with van der Waals surface area (Å²) in [4.78, 5) is 2.44. The molecule has 0 amide bonds. The van der Waals surface area contributed by atoms with E-state index in [2.05, 4.69) is 72.6 Å². The van der Waals surface area contributed by atoms with Crippen molar-refractivity contribution < 1.29 is 0 Å². The summed E-state index contributed by atoms with van der Waals surface area (Å²) < 4.78 is 0. The fourth-order valence-corrected chi connectivity index (χ4v) is 2.70. The standard InChI is InChI=1S/C17H29N/c1-11(2)15-9-10-18(14(7)8)17(13(5)6)16(15)12(3)4/h9-10,12-14H,1-8H3. The van der Waals surface area contributed by atoms with Crippen LogP contribution in [0.25, 0.3) is 0 Å². The summed E-state index contributed by atoms with van der Waals surface area (Å²) in [5, 5.41) is 0. The van der Waals surface area contributed by atoms with Gasteiger partial charge in [-0.2, -0.15) is 0 Å². The van der Waals surface area contributed by atoms with Gasteiger partial charge in [0.1, 0.15) is 0 Å². The highest BCUT2D eigenvalue weighted by Gasteiger charge is 2.25. The molecular weight excluding hydrogens is 218 g/mol. The molecule has 1 nitrogen and oxygen atoms in total. The second kappa shape index (κ2) is 5.77. The largest absolute Gasteiger partial charge is 0.348 e. The molecule has 0 aromatic rings. The van der Waals surface area contributed by atoms with Crippen LogP contribution in [0.3, 0.4) is 0 Å². The van der Waals surface area contributed by atoms with Crippen LogP contribution in [-0.4, -0.2) is 10.9 Å². The zero-order valence-electron chi connectivity index (χ0n) is 13.3. The highest BCUT2D eigenvalue weighted by molar-refractivity contribution is 5.49. The molecule has 0 atom stereocenters. The van der Waals surface area contributed by atoms with Gasteiger partial charge in [0.15, 0.2) is 0 Å². The van der Waals surface area contributed by atoms with E-state index in [-0.39, 0.29) is 0 Å². The number of allylic oxidation sites excluding steroid dienone is 5. The third-order valence-electron chi connectivity index (χ3n) is 3.47. The van der Waals surface area contributed by atoms with Crippen LogP contribution in [0.2, 0.25) is 0 Å². The first-order valence-corrected chi connectivity index (χ1v) is 7.15. The Morgan fingerprint density at radius 3 is 1.83 bits per heavy atom. The van der Waals surface area contributed by atoms with Gasteiger partial charge < -0.3 is 4.90 Å². The fourth-order valence-electron chi connectivity index (χ4n) is 2.70. The smallest absolute Gasteiger partial charge is 0.0277 e. The molecule has 0 radical (unpaired) electrons. The van der Waals surface area contributed by atoms with Gasteiger partial charge in [-0.1, -0.05) is 33.3 Å². The van der Waals surface area contributed by atoms with Crippen LogP contribution in [0.15, 0.2) is 34.7 Å². The quantitative estimate of drug-likeness (QED) is 0.668. The van der Waals surface area contributed by atoms with E-state index >= 15 is 0 Å². The van der Waals surface area contributed by atoms with E-state index in [1.807, 2.05) is 0 Å². The van der Waals surface area contributed by atoms with Gasteiger partial charge in [-0.15, -0.1) is 0 Å². The minimum absolute atomic E-state index is 0.520. The minimum Gasteiger partial charge on any atom is -0.348 e. The van der Waals surface area contributed by atoms with Crippen LogP contribution in [0, 0.1) is 11.8 Å². The minimum atomic E-state index is 0.520. The summed E-state index contributed by atoms with van der Waals surface area (Å²) >= 11 is 0. The first kappa shape index (κ1) is 15.1. The Morgan fingerprint density at radius 1 is 0.944 bits per heavy atom. The number of hydrogen-bond acceptors (Lipinski definition) is 1. The Bertz CT molecular complexity index is 388. The molecule has 1 rings (SSSR count). The SMILES string of the molecule is CC(C)=C1C=CN(C(C)C)C(C(C)C)=C1C(C)C. The lowest BCUT2D eigenvalue weighted by Crippen LogP contribution is -2.32. The van der Waals surface area contributed by atoms with Crippen LogP contribution >= 0.6 is 0 Å². The van der Waals surface area contributed by atoms with Crippen molar-refractivity contribution in [1.82, 2.24) is 4.90 Å². The Balaban J connectivity index is 3.47. The van der Waals surface area contributed by atoms with Crippen molar-refractivity contribution in [3.05, 3.63) is 34.7 Å². The van der Waals surface area contributed by atoms with Crippen molar-refractivity contribution in [3.63, 3.8) is 0 Å². The van der Waals surface area contributed by atoms with E-state index in [0.29, 0.717) is 17.9 Å². The molecule has 1 aliphatic heterocycles. The van der Waals surface area contributed by atoms with Crippen LogP contribution in [-0.2, 0) is 0 Å². The van der Waals surface area contributed by atoms with Gasteiger partial charge in [-0.05, 0) is 56.8 Å². The van der Waals surface area contributed by atoms with Gasteiger partial charge in [0.2, 0.25) is 0 Å². The fraction of sp³-hybridized carbons (Fsp3) is 0.647. The summed E-state index contributed by atoms with van der Waals surface area (Å²) in [6.07, 6.45) is 4.55. The average molecular weight is 247 g/mol. The van der Waals surface area contributed by atoms with E-state index in [0.717, 1.165) is 0 Å². The number of nitrogens with zero attached hydrogens (tertiary/aromatic N) is 1. The maximum Gasteiger partial charge on any atom is 0.0277 e. The third-order valence-corrected chi connectivity index (χ3v) is 3.47. The van der Waals surface area contributed by atoms with Gasteiger partial charge in [-0.3, -0.25) is 0 Å². The second-order valence-electron chi connectivity index (χ2n) is 6.34. The van der Waals surface area contributed by atoms with Gasteiger partial charge in [0.05, 0.1) is 0 Å². The predicted octanol–water partition coefficient (Wildman–Crippen LogP) is 5.13. The maximum atomic E-state index is 2.44. The van der Waals surface area contributed by atoms with Crippen LogP contribution in [0.1, 0.15) is 55.4 Å². The van der Waals surface area contributed by atoms with Crippen molar-refractivity contribution in [2.45, 2.75) is 61.4 Å². The lowest BCUT2D eigenvalue weighted by molar-refractivity contribution is 0.336. The predicted molar refractivity (Wildman–Crippen MR) is 81.2 cm³/mol. The Morgan fingerprint density at radius 2 is 1.50 bits per heavy atom. The van der Waals surface area contributed by atoms with Crippen LogP contribution < -0.4 is 0 Å². The summed E-state index contributed by atoms with van der Waals surface area (Å²) in [6, 6.07) is 0.520. The van der Waals surface area contributed by atoms with E-state index < -0.39 is 0 Å². The highest BCUT2D eigenvalue weighted by atomic mass is 15.2. The van der Waals surface area contributed by atoms with E-state index in [9.17, 15) is 0 Å². The topological polar surface area (TPSA) is 3.24 Å². The summed E-state index contributed by atoms with van der Waals surface area (Å²) in [5.74, 6) is 1.13. The summed E-state index contributed by atoms with van der Waals surface area (Å²) in [5.41, 5.74) is 5.88. The Labute approximate surface area is 113 Å². The van der Waals surface area contributed by atoms with Gasteiger partial charge in [-0.25, -0.2) is 0 Å². The summed E-state index contributed by atoms with van der Waals surface area (Å²) in [7, 11) is 0. The average Bonchev–Trinajstić information content (AvgIpc) is 2.26. The molecule has 0 aromatic carbocycles. The Kier molecular flexibility index (Phi) is 4.84. The monoisotopic (exact) mass is 247 g/mol. The highest BCUT2D eigenvalue weighted by Crippen LogP contribution is 2.36. The van der Waals surface area contributed by atoms with Crippen molar-refractivity contribution in [2.75, 3.05) is 0 Å².